The maximum Gasteiger partial charge on any atom is 0.0793 e. The number of rotatable bonds is 5. The minimum atomic E-state index is -0.448. The monoisotopic (exact) mass is 260 g/mol. The van der Waals surface area contributed by atoms with Crippen LogP contribution in [0.25, 0.3) is 0 Å². The van der Waals surface area contributed by atoms with Gasteiger partial charge in [0.15, 0.2) is 0 Å². The second-order valence-electron chi connectivity index (χ2n) is 4.32. The molecular weight excluding hydrogens is 243 g/mol. The third-order valence-corrected chi connectivity index (χ3v) is 3.47. The number of aliphatic hydroxyl groups excluding tert-OH is 1. The molecule has 0 radical (unpaired) electrons. The summed E-state index contributed by atoms with van der Waals surface area (Å²) in [6.45, 7) is 4.31. The second-order valence-corrected chi connectivity index (χ2v) is 5.13. The molecule has 1 aromatic rings. The van der Waals surface area contributed by atoms with E-state index in [9.17, 15) is 5.11 Å². The van der Waals surface area contributed by atoms with Gasteiger partial charge in [-0.3, -0.25) is 0 Å². The van der Waals surface area contributed by atoms with E-state index in [1.54, 1.807) is 12.1 Å². The first-order valence-corrected chi connectivity index (χ1v) is 6.43. The fourth-order valence-corrected chi connectivity index (χ4v) is 2.15. The summed E-state index contributed by atoms with van der Waals surface area (Å²) < 4.78 is 0. The fraction of sp³-hybridized carbons (Fsp3) is 0.538. The van der Waals surface area contributed by atoms with Gasteiger partial charge in [0.2, 0.25) is 0 Å². The first-order valence-electron chi connectivity index (χ1n) is 5.67. The Bertz CT molecular complexity index is 339. The van der Waals surface area contributed by atoms with E-state index >= 15 is 0 Å². The predicted octanol–water partition coefficient (Wildman–Crippen LogP) is 4.85. The maximum atomic E-state index is 10.0. The van der Waals surface area contributed by atoms with Gasteiger partial charge in [-0.2, -0.15) is 0 Å². The van der Waals surface area contributed by atoms with Crippen molar-refractivity contribution in [2.45, 2.75) is 39.2 Å². The van der Waals surface area contributed by atoms with Gasteiger partial charge in [-0.15, -0.1) is 0 Å². The van der Waals surface area contributed by atoms with Crippen molar-refractivity contribution in [2.75, 3.05) is 0 Å². The lowest BCUT2D eigenvalue weighted by molar-refractivity contribution is 0.145. The van der Waals surface area contributed by atoms with Crippen LogP contribution >= 0.6 is 23.2 Å². The molecule has 3 heteroatoms. The minimum absolute atomic E-state index is 0.448. The lowest BCUT2D eigenvalue weighted by atomic mass is 9.95. The van der Waals surface area contributed by atoms with Crippen LogP contribution in [0.5, 0.6) is 0 Å². The molecule has 2 atom stereocenters. The third-order valence-electron chi connectivity index (χ3n) is 2.74. The van der Waals surface area contributed by atoms with Crippen molar-refractivity contribution < 1.29 is 5.11 Å². The van der Waals surface area contributed by atoms with Crippen LogP contribution < -0.4 is 0 Å². The Hall–Kier alpha value is -0.240. The largest absolute Gasteiger partial charge is 0.388 e. The third kappa shape index (κ3) is 3.97. The highest BCUT2D eigenvalue weighted by Crippen LogP contribution is 2.29. The van der Waals surface area contributed by atoms with Crippen LogP contribution in [0.15, 0.2) is 18.2 Å². The van der Waals surface area contributed by atoms with Crippen molar-refractivity contribution in [1.82, 2.24) is 0 Å². The molecule has 1 aromatic carbocycles. The number of benzene rings is 1. The van der Waals surface area contributed by atoms with Crippen LogP contribution in [0.1, 0.15) is 44.8 Å². The summed E-state index contributed by atoms with van der Waals surface area (Å²) in [6, 6.07) is 5.30. The molecule has 0 spiro atoms. The molecule has 0 aliphatic carbocycles. The average molecular weight is 261 g/mol. The zero-order chi connectivity index (χ0) is 12.1. The molecule has 0 fully saturated rings. The van der Waals surface area contributed by atoms with Gasteiger partial charge in [0.1, 0.15) is 0 Å². The van der Waals surface area contributed by atoms with Gasteiger partial charge < -0.3 is 5.11 Å². The van der Waals surface area contributed by atoms with Gasteiger partial charge in [-0.1, -0.05) is 56.0 Å². The van der Waals surface area contributed by atoms with Crippen LogP contribution in [0.3, 0.4) is 0 Å². The Balaban J connectivity index is 2.65. The van der Waals surface area contributed by atoms with E-state index in [0.29, 0.717) is 16.0 Å². The molecule has 0 heterocycles. The van der Waals surface area contributed by atoms with E-state index in [2.05, 4.69) is 13.8 Å². The highest BCUT2D eigenvalue weighted by molar-refractivity contribution is 6.42. The number of hydrogen-bond acceptors (Lipinski definition) is 1. The first kappa shape index (κ1) is 13.8. The van der Waals surface area contributed by atoms with Crippen molar-refractivity contribution in [2.24, 2.45) is 5.92 Å². The van der Waals surface area contributed by atoms with Crippen molar-refractivity contribution in [3.05, 3.63) is 33.8 Å². The van der Waals surface area contributed by atoms with E-state index < -0.39 is 6.10 Å². The SMILES string of the molecule is CCCC(C)CC(O)c1ccc(Cl)c(Cl)c1. The van der Waals surface area contributed by atoms with Crippen LogP contribution in [0.4, 0.5) is 0 Å². The molecule has 0 bridgehead atoms. The molecule has 16 heavy (non-hydrogen) atoms. The summed E-state index contributed by atoms with van der Waals surface area (Å²) in [5.74, 6) is 0.523. The Morgan fingerprint density at radius 1 is 1.25 bits per heavy atom. The number of hydrogen-bond donors (Lipinski definition) is 1. The summed E-state index contributed by atoms with van der Waals surface area (Å²) in [5, 5.41) is 11.1. The number of aliphatic hydroxyl groups is 1. The summed E-state index contributed by atoms with van der Waals surface area (Å²) in [7, 11) is 0. The highest BCUT2D eigenvalue weighted by Gasteiger charge is 2.13. The molecule has 0 saturated heterocycles. The Labute approximate surface area is 107 Å². The molecule has 90 valence electrons. The van der Waals surface area contributed by atoms with Gasteiger partial charge in [-0.25, -0.2) is 0 Å². The molecule has 0 aliphatic heterocycles. The van der Waals surface area contributed by atoms with E-state index in [1.165, 1.54) is 0 Å². The Morgan fingerprint density at radius 2 is 1.94 bits per heavy atom. The van der Waals surface area contributed by atoms with Gasteiger partial charge in [0.25, 0.3) is 0 Å². The Morgan fingerprint density at radius 3 is 2.50 bits per heavy atom. The fourth-order valence-electron chi connectivity index (χ4n) is 1.85. The molecule has 0 amide bonds. The van der Waals surface area contributed by atoms with Crippen LogP contribution in [-0.4, -0.2) is 5.11 Å². The van der Waals surface area contributed by atoms with Crippen LogP contribution in [0, 0.1) is 5.92 Å². The summed E-state index contributed by atoms with van der Waals surface area (Å²) in [4.78, 5) is 0. The van der Waals surface area contributed by atoms with Gasteiger partial charge in [0, 0.05) is 0 Å². The zero-order valence-electron chi connectivity index (χ0n) is 9.71. The topological polar surface area (TPSA) is 20.2 Å². The van der Waals surface area contributed by atoms with Crippen molar-refractivity contribution in [1.29, 1.82) is 0 Å². The van der Waals surface area contributed by atoms with E-state index in [0.717, 1.165) is 24.8 Å². The smallest absolute Gasteiger partial charge is 0.0793 e. The average Bonchev–Trinajstić information content (AvgIpc) is 2.22. The standard InChI is InChI=1S/C13H18Cl2O/c1-3-4-9(2)7-13(16)10-5-6-11(14)12(15)8-10/h5-6,8-9,13,16H,3-4,7H2,1-2H3. The molecule has 1 rings (SSSR count). The lowest BCUT2D eigenvalue weighted by Crippen LogP contribution is -2.04. The van der Waals surface area contributed by atoms with Crippen LogP contribution in [-0.2, 0) is 0 Å². The molecule has 0 aromatic heterocycles. The van der Waals surface area contributed by atoms with Gasteiger partial charge in [0.05, 0.1) is 16.1 Å². The molecule has 0 saturated carbocycles. The normalized spacial score (nSPS) is 14.8. The molecular formula is C13H18Cl2O. The molecule has 1 nitrogen and oxygen atoms in total. The van der Waals surface area contributed by atoms with Crippen LogP contribution in [0.2, 0.25) is 10.0 Å². The molecule has 1 N–H and O–H groups in total. The summed E-state index contributed by atoms with van der Waals surface area (Å²) in [6.07, 6.45) is 2.61. The summed E-state index contributed by atoms with van der Waals surface area (Å²) in [5.41, 5.74) is 0.845. The van der Waals surface area contributed by atoms with E-state index in [4.69, 9.17) is 23.2 Å². The Kier molecular flexibility index (Phi) is 5.60. The lowest BCUT2D eigenvalue weighted by Gasteiger charge is -2.16. The zero-order valence-corrected chi connectivity index (χ0v) is 11.2. The maximum absolute atomic E-state index is 10.0. The van der Waals surface area contributed by atoms with Crippen molar-refractivity contribution in [3.8, 4) is 0 Å². The molecule has 2 unspecified atom stereocenters. The summed E-state index contributed by atoms with van der Waals surface area (Å²) >= 11 is 11.7. The quantitative estimate of drug-likeness (QED) is 0.803. The van der Waals surface area contributed by atoms with E-state index in [-0.39, 0.29) is 0 Å². The van der Waals surface area contributed by atoms with Gasteiger partial charge in [-0.05, 0) is 30.0 Å². The predicted molar refractivity (Wildman–Crippen MR) is 70.1 cm³/mol. The highest BCUT2D eigenvalue weighted by atomic mass is 35.5. The first-order chi connectivity index (χ1) is 7.54. The van der Waals surface area contributed by atoms with E-state index in [1.807, 2.05) is 6.07 Å². The number of halogens is 2. The van der Waals surface area contributed by atoms with Gasteiger partial charge >= 0.3 is 0 Å². The second kappa shape index (κ2) is 6.48. The minimum Gasteiger partial charge on any atom is -0.388 e. The van der Waals surface area contributed by atoms with Crippen molar-refractivity contribution in [3.63, 3.8) is 0 Å². The molecule has 0 aliphatic rings. The van der Waals surface area contributed by atoms with Crippen molar-refractivity contribution >= 4 is 23.2 Å².